The average Bonchev–Trinajstić information content (AvgIpc) is 2.76. The average molecular weight is 362 g/mol. The summed E-state index contributed by atoms with van der Waals surface area (Å²) in [6, 6.07) is 0. The van der Waals surface area contributed by atoms with Crippen LogP contribution in [0.2, 0.25) is 0 Å². The third-order valence-electron chi connectivity index (χ3n) is 4.49. The van der Waals surface area contributed by atoms with Crippen LogP contribution in [0, 0.1) is 5.92 Å². The summed E-state index contributed by atoms with van der Waals surface area (Å²) >= 11 is 0. The zero-order valence-corrected chi connectivity index (χ0v) is 15.6. The zero-order chi connectivity index (χ0) is 19.6. The van der Waals surface area contributed by atoms with E-state index in [0.29, 0.717) is 12.0 Å². The second-order valence-electron chi connectivity index (χ2n) is 7.18. The monoisotopic (exact) mass is 362 g/mol. The number of carbonyl (C=O) groups excluding carboxylic acids is 2. The van der Waals surface area contributed by atoms with Gasteiger partial charge in [-0.05, 0) is 45.8 Å². The second-order valence-corrected chi connectivity index (χ2v) is 7.18. The van der Waals surface area contributed by atoms with Crippen molar-refractivity contribution in [1.29, 1.82) is 0 Å². The molecule has 0 bridgehead atoms. The first kappa shape index (κ1) is 20.1. The largest absolute Gasteiger partial charge is 0.455 e. The molecule has 0 radical (unpaired) electrons. The molecule has 142 valence electrons. The van der Waals surface area contributed by atoms with E-state index >= 15 is 0 Å². The van der Waals surface area contributed by atoms with Gasteiger partial charge < -0.3 is 19.7 Å². The molecule has 6 heteroatoms. The fourth-order valence-electron chi connectivity index (χ4n) is 3.27. The Bertz CT molecular complexity index is 695. The van der Waals surface area contributed by atoms with Crippen LogP contribution in [0.15, 0.2) is 47.1 Å². The van der Waals surface area contributed by atoms with Crippen molar-refractivity contribution in [3.05, 3.63) is 47.1 Å². The number of allylic oxidation sites excluding steroid dienone is 1. The summed E-state index contributed by atoms with van der Waals surface area (Å²) in [7, 11) is 0. The van der Waals surface area contributed by atoms with Gasteiger partial charge in [-0.15, -0.1) is 0 Å². The quantitative estimate of drug-likeness (QED) is 0.443. The standard InChI is InChI=1S/C20H26O6/c1-10(2)6-16(22)26-19-17-13(5)20(24)25-15(17)8-11(3)7-14(21)9-12(4)18(19)23/h6,8-9,14-15,17-19,21,23H,5,7H2,1-4H3/b11-8-,12-9-/t14-,15+,17+,18+,19+/m0/s1. The Morgan fingerprint density at radius 3 is 2.58 bits per heavy atom. The van der Waals surface area contributed by atoms with Crippen LogP contribution in [-0.4, -0.2) is 46.6 Å². The number of aliphatic hydroxyl groups is 2. The van der Waals surface area contributed by atoms with Crippen LogP contribution in [0.1, 0.15) is 34.1 Å². The van der Waals surface area contributed by atoms with Crippen molar-refractivity contribution in [3.8, 4) is 0 Å². The summed E-state index contributed by atoms with van der Waals surface area (Å²) in [5, 5.41) is 20.9. The van der Waals surface area contributed by atoms with Crippen LogP contribution in [-0.2, 0) is 19.1 Å². The Balaban J connectivity index is 2.49. The highest BCUT2D eigenvalue weighted by atomic mass is 16.6. The molecular weight excluding hydrogens is 336 g/mol. The van der Waals surface area contributed by atoms with Gasteiger partial charge in [0.2, 0.25) is 0 Å². The molecule has 2 rings (SSSR count). The lowest BCUT2D eigenvalue weighted by Gasteiger charge is -2.31. The molecule has 5 atom stereocenters. The summed E-state index contributed by atoms with van der Waals surface area (Å²) in [5.41, 5.74) is 2.18. The maximum atomic E-state index is 12.2. The Morgan fingerprint density at radius 1 is 1.31 bits per heavy atom. The number of ether oxygens (including phenoxy) is 2. The lowest BCUT2D eigenvalue weighted by atomic mass is 9.83. The molecule has 0 spiro atoms. The molecule has 0 unspecified atom stereocenters. The van der Waals surface area contributed by atoms with Gasteiger partial charge in [0.1, 0.15) is 18.3 Å². The molecule has 2 N–H and O–H groups in total. The fourth-order valence-corrected chi connectivity index (χ4v) is 3.27. The van der Waals surface area contributed by atoms with E-state index in [0.717, 1.165) is 11.1 Å². The molecule has 0 amide bonds. The second kappa shape index (κ2) is 8.01. The molecule has 0 saturated carbocycles. The Morgan fingerprint density at radius 2 is 1.96 bits per heavy atom. The molecule has 1 aliphatic heterocycles. The van der Waals surface area contributed by atoms with Crippen molar-refractivity contribution in [1.82, 2.24) is 0 Å². The molecule has 1 saturated heterocycles. The Kier molecular flexibility index (Phi) is 6.21. The number of rotatable bonds is 2. The maximum Gasteiger partial charge on any atom is 0.334 e. The molecule has 26 heavy (non-hydrogen) atoms. The molecule has 0 aromatic rings. The van der Waals surface area contributed by atoms with Gasteiger partial charge in [-0.25, -0.2) is 9.59 Å². The number of hydrogen-bond donors (Lipinski definition) is 2. The van der Waals surface area contributed by atoms with Crippen LogP contribution >= 0.6 is 0 Å². The topological polar surface area (TPSA) is 93.1 Å². The number of esters is 2. The van der Waals surface area contributed by atoms with Gasteiger partial charge in [-0.1, -0.05) is 23.8 Å². The minimum atomic E-state index is -1.20. The number of hydrogen-bond acceptors (Lipinski definition) is 6. The molecule has 1 heterocycles. The van der Waals surface area contributed by atoms with E-state index in [1.54, 1.807) is 26.8 Å². The van der Waals surface area contributed by atoms with Gasteiger partial charge in [0.05, 0.1) is 12.0 Å². The predicted octanol–water partition coefficient (Wildman–Crippen LogP) is 1.98. The molecule has 1 aliphatic carbocycles. The highest BCUT2D eigenvalue weighted by Crippen LogP contribution is 2.36. The van der Waals surface area contributed by atoms with Gasteiger partial charge in [0.15, 0.2) is 0 Å². The Hall–Kier alpha value is -2.18. The molecule has 2 aliphatic rings. The van der Waals surface area contributed by atoms with Crippen LogP contribution in [0.25, 0.3) is 0 Å². The van der Waals surface area contributed by atoms with E-state index < -0.39 is 42.3 Å². The van der Waals surface area contributed by atoms with Gasteiger partial charge in [0, 0.05) is 11.6 Å². The number of fused-ring (bicyclic) bond motifs is 1. The van der Waals surface area contributed by atoms with Crippen LogP contribution < -0.4 is 0 Å². The van der Waals surface area contributed by atoms with Crippen molar-refractivity contribution >= 4 is 11.9 Å². The van der Waals surface area contributed by atoms with Gasteiger partial charge >= 0.3 is 11.9 Å². The lowest BCUT2D eigenvalue weighted by Crippen LogP contribution is -2.42. The van der Waals surface area contributed by atoms with Gasteiger partial charge in [-0.3, -0.25) is 0 Å². The molecule has 1 fully saturated rings. The summed E-state index contributed by atoms with van der Waals surface area (Å²) in [6.45, 7) is 10.7. The number of carbonyl (C=O) groups is 2. The zero-order valence-electron chi connectivity index (χ0n) is 15.6. The van der Waals surface area contributed by atoms with Crippen LogP contribution in [0.5, 0.6) is 0 Å². The third kappa shape index (κ3) is 4.51. The van der Waals surface area contributed by atoms with Crippen molar-refractivity contribution < 1.29 is 29.3 Å². The summed E-state index contributed by atoms with van der Waals surface area (Å²) < 4.78 is 10.9. The first-order chi connectivity index (χ1) is 12.1. The van der Waals surface area contributed by atoms with Gasteiger partial charge in [0.25, 0.3) is 0 Å². The normalized spacial score (nSPS) is 36.0. The van der Waals surface area contributed by atoms with E-state index in [9.17, 15) is 19.8 Å². The van der Waals surface area contributed by atoms with E-state index in [-0.39, 0.29) is 5.57 Å². The highest BCUT2D eigenvalue weighted by molar-refractivity contribution is 5.91. The van der Waals surface area contributed by atoms with E-state index in [1.165, 1.54) is 12.2 Å². The van der Waals surface area contributed by atoms with E-state index in [2.05, 4.69) is 6.58 Å². The first-order valence-corrected chi connectivity index (χ1v) is 8.57. The van der Waals surface area contributed by atoms with Crippen molar-refractivity contribution in [2.75, 3.05) is 0 Å². The van der Waals surface area contributed by atoms with Crippen molar-refractivity contribution in [2.24, 2.45) is 5.92 Å². The van der Waals surface area contributed by atoms with Gasteiger partial charge in [-0.2, -0.15) is 0 Å². The van der Waals surface area contributed by atoms with Crippen LogP contribution in [0.4, 0.5) is 0 Å². The minimum Gasteiger partial charge on any atom is -0.455 e. The van der Waals surface area contributed by atoms with Crippen molar-refractivity contribution in [2.45, 2.75) is 58.5 Å². The SMILES string of the molecule is C=C1C(=O)O[C@@H]2/C=C(/C)C[C@H](O)/C=C(/C)[C@@H](O)[C@H](OC(=O)C=C(C)C)[C@H]12. The summed E-state index contributed by atoms with van der Waals surface area (Å²) in [6.07, 6.45) is 1.13. The molecule has 0 aromatic carbocycles. The Labute approximate surface area is 153 Å². The summed E-state index contributed by atoms with van der Waals surface area (Å²) in [5.74, 6) is -1.91. The molecular formula is C20H26O6. The number of aliphatic hydroxyl groups excluding tert-OH is 2. The fraction of sp³-hybridized carbons (Fsp3) is 0.500. The maximum absolute atomic E-state index is 12.2. The van der Waals surface area contributed by atoms with Crippen LogP contribution in [0.3, 0.4) is 0 Å². The predicted molar refractivity (Wildman–Crippen MR) is 96.0 cm³/mol. The van der Waals surface area contributed by atoms with Crippen molar-refractivity contribution in [3.63, 3.8) is 0 Å². The van der Waals surface area contributed by atoms with E-state index in [4.69, 9.17) is 9.47 Å². The molecule has 6 nitrogen and oxygen atoms in total. The lowest BCUT2D eigenvalue weighted by molar-refractivity contribution is -0.152. The minimum absolute atomic E-state index is 0.155. The smallest absolute Gasteiger partial charge is 0.334 e. The van der Waals surface area contributed by atoms with E-state index in [1.807, 2.05) is 6.92 Å². The highest BCUT2D eigenvalue weighted by Gasteiger charge is 2.47. The third-order valence-corrected chi connectivity index (χ3v) is 4.49. The first-order valence-electron chi connectivity index (χ1n) is 8.57. The summed E-state index contributed by atoms with van der Waals surface area (Å²) in [4.78, 5) is 24.2. The molecule has 0 aromatic heterocycles.